The van der Waals surface area contributed by atoms with Crippen LogP contribution in [0.15, 0.2) is 34.2 Å². The molecule has 23 heavy (non-hydrogen) atoms. The van der Waals surface area contributed by atoms with Crippen LogP contribution in [0, 0.1) is 11.3 Å². The van der Waals surface area contributed by atoms with Gasteiger partial charge < -0.3 is 4.74 Å². The SMILES string of the molecule is N#CCCCSc1nc2ccccc2c(=O)n1C[C@@H]1CCCO1. The molecule has 5 nitrogen and oxygen atoms in total. The number of hydrogen-bond acceptors (Lipinski definition) is 5. The zero-order valence-corrected chi connectivity index (χ0v) is 13.7. The van der Waals surface area contributed by atoms with Crippen molar-refractivity contribution in [3.63, 3.8) is 0 Å². The van der Waals surface area contributed by atoms with Gasteiger partial charge in [0.15, 0.2) is 5.16 Å². The molecular weight excluding hydrogens is 310 g/mol. The third-order valence-electron chi connectivity index (χ3n) is 3.90. The summed E-state index contributed by atoms with van der Waals surface area (Å²) >= 11 is 1.54. The minimum absolute atomic E-state index is 0.00566. The van der Waals surface area contributed by atoms with Gasteiger partial charge in [0.25, 0.3) is 5.56 Å². The number of thioether (sulfide) groups is 1. The Kier molecular flexibility index (Phi) is 5.31. The van der Waals surface area contributed by atoms with Gasteiger partial charge in [-0.3, -0.25) is 9.36 Å². The Labute approximate surface area is 139 Å². The van der Waals surface area contributed by atoms with Gasteiger partial charge in [0.1, 0.15) is 0 Å². The van der Waals surface area contributed by atoms with Gasteiger partial charge in [0, 0.05) is 18.8 Å². The smallest absolute Gasteiger partial charge is 0.262 e. The zero-order chi connectivity index (χ0) is 16.1. The number of nitrogens with zero attached hydrogens (tertiary/aromatic N) is 3. The molecule has 2 heterocycles. The van der Waals surface area contributed by atoms with Gasteiger partial charge >= 0.3 is 0 Å². The molecule has 120 valence electrons. The van der Waals surface area contributed by atoms with E-state index in [1.54, 1.807) is 16.3 Å². The van der Waals surface area contributed by atoms with E-state index in [0.29, 0.717) is 18.4 Å². The lowest BCUT2D eigenvalue weighted by molar-refractivity contribution is 0.0937. The first kappa shape index (κ1) is 16.0. The highest BCUT2D eigenvalue weighted by molar-refractivity contribution is 7.99. The molecule has 0 amide bonds. The van der Waals surface area contributed by atoms with E-state index in [2.05, 4.69) is 11.1 Å². The minimum Gasteiger partial charge on any atom is -0.376 e. The number of nitriles is 1. The molecule has 0 N–H and O–H groups in total. The summed E-state index contributed by atoms with van der Waals surface area (Å²) in [7, 11) is 0. The summed E-state index contributed by atoms with van der Waals surface area (Å²) in [6.07, 6.45) is 3.44. The first-order valence-corrected chi connectivity index (χ1v) is 8.89. The molecule has 1 aromatic carbocycles. The van der Waals surface area contributed by atoms with E-state index in [4.69, 9.17) is 10.00 Å². The number of unbranched alkanes of at least 4 members (excludes halogenated alkanes) is 1. The van der Waals surface area contributed by atoms with Crippen molar-refractivity contribution in [3.8, 4) is 6.07 Å². The molecule has 1 aliphatic rings. The number of ether oxygens (including phenoxy) is 1. The van der Waals surface area contributed by atoms with Crippen LogP contribution in [0.1, 0.15) is 25.7 Å². The molecule has 1 atom stereocenters. The van der Waals surface area contributed by atoms with Crippen molar-refractivity contribution >= 4 is 22.7 Å². The van der Waals surface area contributed by atoms with Crippen molar-refractivity contribution in [2.45, 2.75) is 43.5 Å². The molecule has 0 spiro atoms. The summed E-state index contributed by atoms with van der Waals surface area (Å²) in [4.78, 5) is 17.5. The van der Waals surface area contributed by atoms with Crippen LogP contribution in [-0.2, 0) is 11.3 Å². The predicted octanol–water partition coefficient (Wildman–Crippen LogP) is 2.97. The maximum absolute atomic E-state index is 12.8. The van der Waals surface area contributed by atoms with Crippen LogP contribution in [0.2, 0.25) is 0 Å². The lowest BCUT2D eigenvalue weighted by Crippen LogP contribution is -2.28. The Bertz CT molecular complexity index is 775. The van der Waals surface area contributed by atoms with Gasteiger partial charge in [-0.15, -0.1) is 0 Å². The number of fused-ring (bicyclic) bond motifs is 1. The largest absolute Gasteiger partial charge is 0.376 e. The maximum Gasteiger partial charge on any atom is 0.262 e. The summed E-state index contributed by atoms with van der Waals surface area (Å²) in [6.45, 7) is 1.32. The third kappa shape index (κ3) is 3.74. The van der Waals surface area contributed by atoms with Crippen LogP contribution in [0.4, 0.5) is 0 Å². The molecule has 0 unspecified atom stereocenters. The van der Waals surface area contributed by atoms with Crippen molar-refractivity contribution < 1.29 is 4.74 Å². The minimum atomic E-state index is -0.00566. The molecule has 0 bridgehead atoms. The van der Waals surface area contributed by atoms with Gasteiger partial charge in [0.2, 0.25) is 0 Å². The summed E-state index contributed by atoms with van der Waals surface area (Å²) in [5, 5.41) is 10.0. The molecule has 0 radical (unpaired) electrons. The summed E-state index contributed by atoms with van der Waals surface area (Å²) in [5.41, 5.74) is 0.720. The topological polar surface area (TPSA) is 67.9 Å². The highest BCUT2D eigenvalue weighted by Gasteiger charge is 2.20. The van der Waals surface area contributed by atoms with E-state index >= 15 is 0 Å². The van der Waals surface area contributed by atoms with Crippen LogP contribution in [-0.4, -0.2) is 28.0 Å². The van der Waals surface area contributed by atoms with Crippen LogP contribution in [0.25, 0.3) is 10.9 Å². The van der Waals surface area contributed by atoms with Crippen molar-refractivity contribution in [2.75, 3.05) is 12.4 Å². The Morgan fingerprint density at radius 2 is 2.30 bits per heavy atom. The van der Waals surface area contributed by atoms with Crippen molar-refractivity contribution in [3.05, 3.63) is 34.6 Å². The number of hydrogen-bond donors (Lipinski definition) is 0. The molecule has 1 fully saturated rings. The van der Waals surface area contributed by atoms with E-state index in [1.165, 1.54) is 0 Å². The fraction of sp³-hybridized carbons (Fsp3) is 0.471. The maximum atomic E-state index is 12.8. The van der Waals surface area contributed by atoms with Gasteiger partial charge in [-0.2, -0.15) is 5.26 Å². The molecular formula is C17H19N3O2S. The van der Waals surface area contributed by atoms with E-state index in [9.17, 15) is 4.79 Å². The summed E-state index contributed by atoms with van der Waals surface area (Å²) < 4.78 is 7.43. The Balaban J connectivity index is 1.93. The van der Waals surface area contributed by atoms with E-state index < -0.39 is 0 Å². The average molecular weight is 329 g/mol. The van der Waals surface area contributed by atoms with Gasteiger partial charge in [-0.1, -0.05) is 23.9 Å². The first-order chi connectivity index (χ1) is 11.3. The van der Waals surface area contributed by atoms with E-state index in [1.807, 2.05) is 24.3 Å². The standard InChI is InChI=1S/C17H19N3O2S/c18-9-3-4-11-23-17-19-15-8-2-1-7-14(15)16(21)20(17)12-13-6-5-10-22-13/h1-2,7-8,13H,3-6,10-12H2/t13-/m0/s1. The third-order valence-corrected chi connectivity index (χ3v) is 4.96. The Hall–Kier alpha value is -1.84. The first-order valence-electron chi connectivity index (χ1n) is 7.90. The molecule has 2 aromatic rings. The zero-order valence-electron chi connectivity index (χ0n) is 12.9. The summed E-state index contributed by atoms with van der Waals surface area (Å²) in [6, 6.07) is 9.59. The molecule has 0 saturated carbocycles. The second-order valence-electron chi connectivity index (χ2n) is 5.57. The van der Waals surface area contributed by atoms with Crippen LogP contribution >= 0.6 is 11.8 Å². The highest BCUT2D eigenvalue weighted by atomic mass is 32.2. The second-order valence-corrected chi connectivity index (χ2v) is 6.63. The highest BCUT2D eigenvalue weighted by Crippen LogP contribution is 2.21. The lowest BCUT2D eigenvalue weighted by atomic mass is 10.2. The van der Waals surface area contributed by atoms with Gasteiger partial charge in [-0.05, 0) is 31.4 Å². The molecule has 3 rings (SSSR count). The van der Waals surface area contributed by atoms with Crippen molar-refractivity contribution in [1.29, 1.82) is 5.26 Å². The summed E-state index contributed by atoms with van der Waals surface area (Å²) in [5.74, 6) is 0.782. The normalized spacial score (nSPS) is 17.4. The molecule has 6 heteroatoms. The van der Waals surface area contributed by atoms with E-state index in [0.717, 1.165) is 42.3 Å². The van der Waals surface area contributed by atoms with Crippen molar-refractivity contribution in [1.82, 2.24) is 9.55 Å². The monoisotopic (exact) mass is 329 g/mol. The number of aromatic nitrogens is 2. The number of benzene rings is 1. The lowest BCUT2D eigenvalue weighted by Gasteiger charge is -2.16. The molecule has 1 aromatic heterocycles. The van der Waals surface area contributed by atoms with Crippen LogP contribution in [0.5, 0.6) is 0 Å². The van der Waals surface area contributed by atoms with E-state index in [-0.39, 0.29) is 11.7 Å². The predicted molar refractivity (Wildman–Crippen MR) is 90.5 cm³/mol. The van der Waals surface area contributed by atoms with Crippen molar-refractivity contribution in [2.24, 2.45) is 0 Å². The molecule has 1 aliphatic heterocycles. The molecule has 0 aliphatic carbocycles. The Morgan fingerprint density at radius 1 is 1.43 bits per heavy atom. The van der Waals surface area contributed by atoms with Gasteiger partial charge in [-0.25, -0.2) is 4.98 Å². The van der Waals surface area contributed by atoms with Crippen LogP contribution in [0.3, 0.4) is 0 Å². The fourth-order valence-electron chi connectivity index (χ4n) is 2.73. The Morgan fingerprint density at radius 3 is 3.09 bits per heavy atom. The second kappa shape index (κ2) is 7.62. The number of rotatable bonds is 6. The van der Waals surface area contributed by atoms with Gasteiger partial charge in [0.05, 0.1) is 29.6 Å². The molecule has 1 saturated heterocycles. The quantitative estimate of drug-likeness (QED) is 0.463. The fourth-order valence-corrected chi connectivity index (χ4v) is 3.67. The van der Waals surface area contributed by atoms with Crippen LogP contribution < -0.4 is 5.56 Å². The average Bonchev–Trinajstić information content (AvgIpc) is 3.08. The number of para-hydroxylation sites is 1.